The van der Waals surface area contributed by atoms with E-state index >= 15 is 0 Å². The molecular formula is C17H18FN3O. The molecule has 1 saturated heterocycles. The van der Waals surface area contributed by atoms with Gasteiger partial charge in [0, 0.05) is 19.0 Å². The van der Waals surface area contributed by atoms with Crippen LogP contribution in [0.15, 0.2) is 36.7 Å². The first-order valence-corrected chi connectivity index (χ1v) is 7.50. The maximum atomic E-state index is 13.0. The van der Waals surface area contributed by atoms with Crippen LogP contribution in [0, 0.1) is 5.82 Å². The maximum Gasteiger partial charge on any atom is 0.220 e. The SMILES string of the molecule is CC(=O)N1CCCCC1c1cncc(-c2ccc(F)cc2)n1. The van der Waals surface area contributed by atoms with Crippen LogP contribution in [-0.4, -0.2) is 27.3 Å². The van der Waals surface area contributed by atoms with Crippen LogP contribution in [-0.2, 0) is 4.79 Å². The zero-order valence-corrected chi connectivity index (χ0v) is 12.5. The molecule has 1 atom stereocenters. The van der Waals surface area contributed by atoms with Gasteiger partial charge in [-0.25, -0.2) is 9.37 Å². The quantitative estimate of drug-likeness (QED) is 0.854. The first kappa shape index (κ1) is 14.6. The molecule has 2 aromatic rings. The van der Waals surface area contributed by atoms with Crippen LogP contribution >= 0.6 is 0 Å². The van der Waals surface area contributed by atoms with E-state index in [4.69, 9.17) is 0 Å². The molecule has 1 unspecified atom stereocenters. The number of halogens is 1. The van der Waals surface area contributed by atoms with Crippen molar-refractivity contribution in [2.75, 3.05) is 6.54 Å². The van der Waals surface area contributed by atoms with Gasteiger partial charge in [0.1, 0.15) is 5.82 Å². The lowest BCUT2D eigenvalue weighted by molar-refractivity contribution is -0.132. The Morgan fingerprint density at radius 3 is 2.73 bits per heavy atom. The molecule has 0 spiro atoms. The topological polar surface area (TPSA) is 46.1 Å². The van der Waals surface area contributed by atoms with Gasteiger partial charge in [0.05, 0.1) is 29.8 Å². The Labute approximate surface area is 129 Å². The van der Waals surface area contributed by atoms with E-state index in [1.807, 2.05) is 4.90 Å². The molecule has 22 heavy (non-hydrogen) atoms. The number of amides is 1. The summed E-state index contributed by atoms with van der Waals surface area (Å²) in [4.78, 5) is 22.6. The lowest BCUT2D eigenvalue weighted by Crippen LogP contribution is -2.37. The molecule has 2 heterocycles. The molecule has 1 fully saturated rings. The van der Waals surface area contributed by atoms with E-state index in [0.29, 0.717) is 5.69 Å². The largest absolute Gasteiger partial charge is 0.334 e. The van der Waals surface area contributed by atoms with Gasteiger partial charge < -0.3 is 4.90 Å². The van der Waals surface area contributed by atoms with E-state index in [2.05, 4.69) is 9.97 Å². The van der Waals surface area contributed by atoms with E-state index in [1.54, 1.807) is 31.5 Å². The summed E-state index contributed by atoms with van der Waals surface area (Å²) in [6.45, 7) is 2.36. The predicted octanol–water partition coefficient (Wildman–Crippen LogP) is 3.36. The van der Waals surface area contributed by atoms with Gasteiger partial charge in [-0.2, -0.15) is 0 Å². The van der Waals surface area contributed by atoms with Crippen LogP contribution in [0.25, 0.3) is 11.3 Å². The van der Waals surface area contributed by atoms with Crippen LogP contribution in [0.4, 0.5) is 4.39 Å². The Morgan fingerprint density at radius 2 is 2.00 bits per heavy atom. The third-order valence-corrected chi connectivity index (χ3v) is 4.04. The summed E-state index contributed by atoms with van der Waals surface area (Å²) in [5.41, 5.74) is 2.32. The van der Waals surface area contributed by atoms with Crippen molar-refractivity contribution < 1.29 is 9.18 Å². The molecule has 1 aromatic heterocycles. The predicted molar refractivity (Wildman–Crippen MR) is 81.4 cm³/mol. The standard InChI is InChI=1S/C17H18FN3O/c1-12(22)21-9-3-2-4-17(21)16-11-19-10-15(20-16)13-5-7-14(18)8-6-13/h5-8,10-11,17H,2-4,9H2,1H3. The zero-order valence-electron chi connectivity index (χ0n) is 12.5. The molecule has 114 valence electrons. The summed E-state index contributed by atoms with van der Waals surface area (Å²) in [5, 5.41) is 0. The van der Waals surface area contributed by atoms with Gasteiger partial charge in [0.15, 0.2) is 0 Å². The van der Waals surface area contributed by atoms with E-state index in [-0.39, 0.29) is 17.8 Å². The number of carbonyl (C=O) groups is 1. The lowest BCUT2D eigenvalue weighted by atomic mass is 9.99. The Kier molecular flexibility index (Phi) is 4.13. The van der Waals surface area contributed by atoms with Crippen molar-refractivity contribution in [2.24, 2.45) is 0 Å². The molecule has 1 aliphatic heterocycles. The Hall–Kier alpha value is -2.30. The molecule has 0 saturated carbocycles. The fraction of sp³-hybridized carbons (Fsp3) is 0.353. The van der Waals surface area contributed by atoms with Gasteiger partial charge in [-0.3, -0.25) is 9.78 Å². The number of likely N-dealkylation sites (tertiary alicyclic amines) is 1. The molecule has 0 N–H and O–H groups in total. The number of benzene rings is 1. The second-order valence-electron chi connectivity index (χ2n) is 5.56. The van der Waals surface area contributed by atoms with Crippen LogP contribution in [0.1, 0.15) is 37.9 Å². The minimum absolute atomic E-state index is 0.0147. The fourth-order valence-electron chi connectivity index (χ4n) is 2.92. The number of carbonyl (C=O) groups excluding carboxylic acids is 1. The molecular weight excluding hydrogens is 281 g/mol. The van der Waals surface area contributed by atoms with Crippen molar-refractivity contribution in [1.29, 1.82) is 0 Å². The first-order chi connectivity index (χ1) is 10.6. The minimum atomic E-state index is -0.275. The second-order valence-corrected chi connectivity index (χ2v) is 5.56. The lowest BCUT2D eigenvalue weighted by Gasteiger charge is -2.34. The van der Waals surface area contributed by atoms with E-state index < -0.39 is 0 Å². The third-order valence-electron chi connectivity index (χ3n) is 4.04. The number of aromatic nitrogens is 2. The van der Waals surface area contributed by atoms with Crippen LogP contribution in [0.3, 0.4) is 0 Å². The zero-order chi connectivity index (χ0) is 15.5. The first-order valence-electron chi connectivity index (χ1n) is 7.50. The Morgan fingerprint density at radius 1 is 1.23 bits per heavy atom. The van der Waals surface area contributed by atoms with Crippen LogP contribution in [0.2, 0.25) is 0 Å². The van der Waals surface area contributed by atoms with Gasteiger partial charge >= 0.3 is 0 Å². The molecule has 0 aliphatic carbocycles. The van der Waals surface area contributed by atoms with Crippen molar-refractivity contribution in [2.45, 2.75) is 32.2 Å². The monoisotopic (exact) mass is 299 g/mol. The molecule has 1 aromatic carbocycles. The number of rotatable bonds is 2. The van der Waals surface area contributed by atoms with Crippen LogP contribution < -0.4 is 0 Å². The van der Waals surface area contributed by atoms with Gasteiger partial charge in [-0.1, -0.05) is 0 Å². The van der Waals surface area contributed by atoms with Crippen molar-refractivity contribution in [3.05, 3.63) is 48.2 Å². The Balaban J connectivity index is 1.93. The summed E-state index contributed by atoms with van der Waals surface area (Å²) in [6, 6.07) is 6.18. The summed E-state index contributed by atoms with van der Waals surface area (Å²) in [6.07, 6.45) is 6.40. The molecule has 5 heteroatoms. The van der Waals surface area contributed by atoms with Crippen molar-refractivity contribution in [1.82, 2.24) is 14.9 Å². The fourth-order valence-corrected chi connectivity index (χ4v) is 2.92. The van der Waals surface area contributed by atoms with Gasteiger partial charge in [-0.05, 0) is 43.5 Å². The summed E-state index contributed by atoms with van der Waals surface area (Å²) in [5.74, 6) is -0.207. The minimum Gasteiger partial charge on any atom is -0.334 e. The highest BCUT2D eigenvalue weighted by atomic mass is 19.1. The highest BCUT2D eigenvalue weighted by Crippen LogP contribution is 2.30. The average Bonchev–Trinajstić information content (AvgIpc) is 2.55. The van der Waals surface area contributed by atoms with Gasteiger partial charge in [-0.15, -0.1) is 0 Å². The summed E-state index contributed by atoms with van der Waals surface area (Å²) < 4.78 is 13.0. The molecule has 0 bridgehead atoms. The highest BCUT2D eigenvalue weighted by molar-refractivity contribution is 5.74. The molecule has 3 rings (SSSR count). The van der Waals surface area contributed by atoms with E-state index in [9.17, 15) is 9.18 Å². The highest BCUT2D eigenvalue weighted by Gasteiger charge is 2.27. The second kappa shape index (κ2) is 6.22. The normalized spacial score (nSPS) is 18.3. The molecule has 0 radical (unpaired) electrons. The number of hydrogen-bond donors (Lipinski definition) is 0. The third kappa shape index (κ3) is 2.98. The number of piperidine rings is 1. The van der Waals surface area contributed by atoms with Crippen molar-refractivity contribution in [3.63, 3.8) is 0 Å². The number of hydrogen-bond acceptors (Lipinski definition) is 3. The molecule has 1 amide bonds. The average molecular weight is 299 g/mol. The Bertz CT molecular complexity index is 672. The van der Waals surface area contributed by atoms with E-state index in [0.717, 1.165) is 37.1 Å². The van der Waals surface area contributed by atoms with Crippen LogP contribution in [0.5, 0.6) is 0 Å². The van der Waals surface area contributed by atoms with Crippen molar-refractivity contribution >= 4 is 5.91 Å². The summed E-state index contributed by atoms with van der Waals surface area (Å²) >= 11 is 0. The molecule has 1 aliphatic rings. The summed E-state index contributed by atoms with van der Waals surface area (Å²) in [7, 11) is 0. The maximum absolute atomic E-state index is 13.0. The van der Waals surface area contributed by atoms with Crippen molar-refractivity contribution in [3.8, 4) is 11.3 Å². The molecule has 4 nitrogen and oxygen atoms in total. The van der Waals surface area contributed by atoms with Gasteiger partial charge in [0.2, 0.25) is 5.91 Å². The smallest absolute Gasteiger partial charge is 0.220 e. The van der Waals surface area contributed by atoms with E-state index in [1.165, 1.54) is 12.1 Å². The van der Waals surface area contributed by atoms with Gasteiger partial charge in [0.25, 0.3) is 0 Å². The number of nitrogens with zero attached hydrogens (tertiary/aromatic N) is 3.